The minimum absolute atomic E-state index is 0.181. The minimum atomic E-state index is -0.181. The number of hydrogen-bond acceptors (Lipinski definition) is 5. The number of nitrogens with zero attached hydrogens (tertiary/aromatic N) is 1. The molecular formula is C13H11N3O2S. The number of nitrogen functional groups attached to an aromatic ring is 1. The Hall–Kier alpha value is -2.34. The van der Waals surface area contributed by atoms with Crippen LogP contribution in [0.2, 0.25) is 0 Å². The molecule has 5 nitrogen and oxygen atoms in total. The molecule has 0 aliphatic carbocycles. The summed E-state index contributed by atoms with van der Waals surface area (Å²) in [6.07, 6.45) is 6.54. The van der Waals surface area contributed by atoms with E-state index in [0.717, 1.165) is 15.6 Å². The standard InChI is InChI=1S/C13H11N3O2S/c14-11-9-1-3-15-6-10(9)19-12(11)13(17)16-5-8-2-4-18-7-8/h1-4,6-7H,5,14H2,(H,16,17). The van der Waals surface area contributed by atoms with Crippen molar-refractivity contribution in [2.75, 3.05) is 5.73 Å². The Morgan fingerprint density at radius 1 is 1.47 bits per heavy atom. The van der Waals surface area contributed by atoms with E-state index in [0.29, 0.717) is 17.1 Å². The highest BCUT2D eigenvalue weighted by molar-refractivity contribution is 7.21. The Kier molecular flexibility index (Phi) is 2.92. The van der Waals surface area contributed by atoms with Crippen LogP contribution in [0.5, 0.6) is 0 Å². The normalized spacial score (nSPS) is 10.7. The molecule has 3 aromatic rings. The molecule has 96 valence electrons. The lowest BCUT2D eigenvalue weighted by molar-refractivity contribution is 0.0956. The summed E-state index contributed by atoms with van der Waals surface area (Å²) in [5.41, 5.74) is 7.41. The number of furan rings is 1. The largest absolute Gasteiger partial charge is 0.472 e. The van der Waals surface area contributed by atoms with Crippen molar-refractivity contribution in [2.24, 2.45) is 0 Å². The SMILES string of the molecule is Nc1c(C(=O)NCc2ccoc2)sc2cnccc12. The Morgan fingerprint density at radius 2 is 2.37 bits per heavy atom. The number of pyridine rings is 1. The third kappa shape index (κ3) is 2.17. The molecule has 19 heavy (non-hydrogen) atoms. The molecule has 0 aromatic carbocycles. The van der Waals surface area contributed by atoms with Gasteiger partial charge in [0.05, 0.1) is 22.9 Å². The Balaban J connectivity index is 1.83. The average Bonchev–Trinajstić information content (AvgIpc) is 3.05. The van der Waals surface area contributed by atoms with Crippen LogP contribution in [0.4, 0.5) is 5.69 Å². The van der Waals surface area contributed by atoms with Gasteiger partial charge in [-0.05, 0) is 12.1 Å². The van der Waals surface area contributed by atoms with Crippen LogP contribution < -0.4 is 11.1 Å². The second-order valence-electron chi connectivity index (χ2n) is 4.03. The minimum Gasteiger partial charge on any atom is -0.472 e. The van der Waals surface area contributed by atoms with Crippen LogP contribution in [0.3, 0.4) is 0 Å². The lowest BCUT2D eigenvalue weighted by atomic mass is 10.2. The van der Waals surface area contributed by atoms with Crippen LogP contribution in [-0.4, -0.2) is 10.9 Å². The van der Waals surface area contributed by atoms with E-state index in [1.165, 1.54) is 11.3 Å². The fraction of sp³-hybridized carbons (Fsp3) is 0.0769. The van der Waals surface area contributed by atoms with Crippen LogP contribution in [0, 0.1) is 0 Å². The smallest absolute Gasteiger partial charge is 0.263 e. The molecule has 6 heteroatoms. The first-order valence-corrected chi connectivity index (χ1v) is 6.48. The zero-order valence-electron chi connectivity index (χ0n) is 9.92. The quantitative estimate of drug-likeness (QED) is 0.767. The molecule has 0 aliphatic rings. The van der Waals surface area contributed by atoms with Crippen LogP contribution in [-0.2, 0) is 6.54 Å². The fourth-order valence-electron chi connectivity index (χ4n) is 1.80. The second kappa shape index (κ2) is 4.74. The Bertz CT molecular complexity index is 719. The number of hydrogen-bond donors (Lipinski definition) is 2. The number of anilines is 1. The lowest BCUT2D eigenvalue weighted by Crippen LogP contribution is -2.22. The summed E-state index contributed by atoms with van der Waals surface area (Å²) in [6.45, 7) is 0.418. The van der Waals surface area contributed by atoms with Gasteiger partial charge in [-0.15, -0.1) is 11.3 Å². The molecule has 0 saturated carbocycles. The molecule has 3 N–H and O–H groups in total. The van der Waals surface area contributed by atoms with E-state index in [1.54, 1.807) is 31.0 Å². The molecular weight excluding hydrogens is 262 g/mol. The number of thiophene rings is 1. The molecule has 3 aromatic heterocycles. The lowest BCUT2D eigenvalue weighted by Gasteiger charge is -2.02. The third-order valence-corrected chi connectivity index (χ3v) is 3.93. The number of aromatic nitrogens is 1. The molecule has 3 heterocycles. The number of nitrogens with two attached hydrogens (primary N) is 1. The number of nitrogens with one attached hydrogen (secondary N) is 1. The zero-order chi connectivity index (χ0) is 13.2. The van der Waals surface area contributed by atoms with Gasteiger partial charge in [0.15, 0.2) is 0 Å². The van der Waals surface area contributed by atoms with Crippen molar-refractivity contribution in [3.05, 3.63) is 47.5 Å². The highest BCUT2D eigenvalue weighted by atomic mass is 32.1. The van der Waals surface area contributed by atoms with Gasteiger partial charge in [-0.3, -0.25) is 9.78 Å². The Labute approximate surface area is 113 Å². The molecule has 0 saturated heterocycles. The number of carbonyl (C=O) groups excluding carboxylic acids is 1. The van der Waals surface area contributed by atoms with Crippen molar-refractivity contribution < 1.29 is 9.21 Å². The van der Waals surface area contributed by atoms with Gasteiger partial charge in [0.2, 0.25) is 0 Å². The summed E-state index contributed by atoms with van der Waals surface area (Å²) in [5.74, 6) is -0.181. The fourth-order valence-corrected chi connectivity index (χ4v) is 2.80. The third-order valence-electron chi connectivity index (χ3n) is 2.77. The van der Waals surface area contributed by atoms with Crippen LogP contribution in [0.15, 0.2) is 41.5 Å². The number of fused-ring (bicyclic) bond motifs is 1. The van der Waals surface area contributed by atoms with Crippen molar-refractivity contribution in [3.8, 4) is 0 Å². The molecule has 0 atom stereocenters. The summed E-state index contributed by atoms with van der Waals surface area (Å²) in [7, 11) is 0. The molecule has 0 spiro atoms. The van der Waals surface area contributed by atoms with E-state index in [1.807, 2.05) is 6.07 Å². The van der Waals surface area contributed by atoms with Gasteiger partial charge in [0.1, 0.15) is 4.88 Å². The van der Waals surface area contributed by atoms with Gasteiger partial charge < -0.3 is 15.5 Å². The van der Waals surface area contributed by atoms with Gasteiger partial charge in [-0.25, -0.2) is 0 Å². The van der Waals surface area contributed by atoms with Crippen LogP contribution in [0.1, 0.15) is 15.2 Å². The maximum atomic E-state index is 12.1. The van der Waals surface area contributed by atoms with Gasteiger partial charge in [0, 0.05) is 29.9 Å². The highest BCUT2D eigenvalue weighted by Gasteiger charge is 2.16. The van der Waals surface area contributed by atoms with E-state index in [9.17, 15) is 4.79 Å². The van der Waals surface area contributed by atoms with Crippen molar-refractivity contribution >= 4 is 33.0 Å². The van der Waals surface area contributed by atoms with Crippen LogP contribution >= 0.6 is 11.3 Å². The predicted octanol–water partition coefficient (Wildman–Crippen LogP) is 2.40. The average molecular weight is 273 g/mol. The zero-order valence-corrected chi connectivity index (χ0v) is 10.7. The molecule has 0 radical (unpaired) electrons. The summed E-state index contributed by atoms with van der Waals surface area (Å²) in [4.78, 5) is 16.6. The van der Waals surface area contributed by atoms with Crippen molar-refractivity contribution in [2.45, 2.75) is 6.54 Å². The summed E-state index contributed by atoms with van der Waals surface area (Å²) < 4.78 is 5.85. The molecule has 0 fully saturated rings. The topological polar surface area (TPSA) is 81.2 Å². The van der Waals surface area contributed by atoms with Crippen molar-refractivity contribution in [1.29, 1.82) is 0 Å². The predicted molar refractivity (Wildman–Crippen MR) is 73.9 cm³/mol. The van der Waals surface area contributed by atoms with Gasteiger partial charge in [-0.2, -0.15) is 0 Å². The maximum Gasteiger partial charge on any atom is 0.263 e. The van der Waals surface area contributed by atoms with Crippen molar-refractivity contribution in [1.82, 2.24) is 10.3 Å². The molecule has 0 bridgehead atoms. The van der Waals surface area contributed by atoms with Gasteiger partial charge in [-0.1, -0.05) is 0 Å². The van der Waals surface area contributed by atoms with E-state index < -0.39 is 0 Å². The second-order valence-corrected chi connectivity index (χ2v) is 5.08. The summed E-state index contributed by atoms with van der Waals surface area (Å²) in [5, 5.41) is 3.68. The maximum absolute atomic E-state index is 12.1. The first kappa shape index (κ1) is 11.7. The van der Waals surface area contributed by atoms with Crippen molar-refractivity contribution in [3.63, 3.8) is 0 Å². The van der Waals surface area contributed by atoms with Gasteiger partial charge in [0.25, 0.3) is 5.91 Å². The van der Waals surface area contributed by atoms with E-state index in [2.05, 4.69) is 10.3 Å². The number of carbonyl (C=O) groups is 1. The number of amides is 1. The summed E-state index contributed by atoms with van der Waals surface area (Å²) >= 11 is 1.35. The Morgan fingerprint density at radius 3 is 3.11 bits per heavy atom. The van der Waals surface area contributed by atoms with Gasteiger partial charge >= 0.3 is 0 Å². The first-order chi connectivity index (χ1) is 9.25. The molecule has 1 amide bonds. The molecule has 0 unspecified atom stereocenters. The monoisotopic (exact) mass is 273 g/mol. The van der Waals surface area contributed by atoms with E-state index >= 15 is 0 Å². The molecule has 0 aliphatic heterocycles. The van der Waals surface area contributed by atoms with Crippen LogP contribution in [0.25, 0.3) is 10.1 Å². The first-order valence-electron chi connectivity index (χ1n) is 5.67. The summed E-state index contributed by atoms with van der Waals surface area (Å²) in [6, 6.07) is 3.62. The molecule has 3 rings (SSSR count). The van der Waals surface area contributed by atoms with E-state index in [4.69, 9.17) is 10.2 Å². The highest BCUT2D eigenvalue weighted by Crippen LogP contribution is 2.32. The van der Waals surface area contributed by atoms with E-state index in [-0.39, 0.29) is 5.91 Å². The number of rotatable bonds is 3.